The number of hydrogen-bond donors (Lipinski definition) is 2. The van der Waals surface area contributed by atoms with Gasteiger partial charge in [-0.25, -0.2) is 4.39 Å². The van der Waals surface area contributed by atoms with E-state index in [1.807, 2.05) is 54.1 Å². The van der Waals surface area contributed by atoms with E-state index in [4.69, 9.17) is 0 Å². The molecule has 1 aromatic heterocycles. The van der Waals surface area contributed by atoms with Crippen LogP contribution >= 0.6 is 0 Å². The van der Waals surface area contributed by atoms with E-state index in [2.05, 4.69) is 5.32 Å². The molecule has 0 aliphatic heterocycles. The molecule has 3 aromatic rings. The zero-order chi connectivity index (χ0) is 16.2. The van der Waals surface area contributed by atoms with Crippen LogP contribution in [0.5, 0.6) is 0 Å². The summed E-state index contributed by atoms with van der Waals surface area (Å²) in [6, 6.07) is 16.1. The van der Waals surface area contributed by atoms with E-state index in [1.54, 1.807) is 6.07 Å². The summed E-state index contributed by atoms with van der Waals surface area (Å²) in [5.41, 5.74) is 1.79. The van der Waals surface area contributed by atoms with Gasteiger partial charge in [-0.1, -0.05) is 37.3 Å². The summed E-state index contributed by atoms with van der Waals surface area (Å²) in [5, 5.41) is 15.0. The predicted octanol–water partition coefficient (Wildman–Crippen LogP) is 3.34. The summed E-state index contributed by atoms with van der Waals surface area (Å²) in [5.74, 6) is -0.292. The molecule has 0 spiro atoms. The van der Waals surface area contributed by atoms with Crippen LogP contribution in [-0.4, -0.2) is 28.9 Å². The van der Waals surface area contributed by atoms with Gasteiger partial charge in [-0.3, -0.25) is 0 Å². The van der Waals surface area contributed by atoms with Crippen molar-refractivity contribution in [2.75, 3.05) is 13.1 Å². The molecule has 0 radical (unpaired) electrons. The minimum atomic E-state index is -0.660. The molecule has 0 saturated heterocycles. The molecule has 0 amide bonds. The Morgan fingerprint density at radius 3 is 2.74 bits per heavy atom. The molecule has 4 heteroatoms. The van der Waals surface area contributed by atoms with Crippen LogP contribution in [0.1, 0.15) is 18.5 Å². The third-order valence-corrected chi connectivity index (χ3v) is 4.09. The maximum atomic E-state index is 13.7. The summed E-state index contributed by atoms with van der Waals surface area (Å²) in [4.78, 5) is 0. The molecule has 0 bridgehead atoms. The van der Waals surface area contributed by atoms with E-state index in [0.717, 1.165) is 23.0 Å². The molecule has 2 N–H and O–H groups in total. The largest absolute Gasteiger partial charge is 0.389 e. The minimum Gasteiger partial charge on any atom is -0.389 e. The van der Waals surface area contributed by atoms with Gasteiger partial charge in [-0.15, -0.1) is 0 Å². The van der Waals surface area contributed by atoms with Crippen molar-refractivity contribution in [3.05, 3.63) is 72.2 Å². The van der Waals surface area contributed by atoms with Crippen molar-refractivity contribution in [3.63, 3.8) is 0 Å². The lowest BCUT2D eigenvalue weighted by atomic mass is 10.0. The van der Waals surface area contributed by atoms with Crippen molar-refractivity contribution in [2.24, 2.45) is 0 Å². The third-order valence-electron chi connectivity index (χ3n) is 4.09. The molecule has 0 fully saturated rings. The molecule has 3 nitrogen and oxygen atoms in total. The maximum Gasteiger partial charge on any atom is 0.123 e. The lowest BCUT2D eigenvalue weighted by molar-refractivity contribution is 0.130. The number of aliphatic hydroxyl groups is 1. The van der Waals surface area contributed by atoms with Crippen LogP contribution in [0, 0.1) is 5.82 Å². The van der Waals surface area contributed by atoms with Gasteiger partial charge in [0.15, 0.2) is 0 Å². The van der Waals surface area contributed by atoms with Gasteiger partial charge in [0.25, 0.3) is 0 Å². The van der Waals surface area contributed by atoms with E-state index in [0.29, 0.717) is 6.54 Å². The number of rotatable bonds is 6. The summed E-state index contributed by atoms with van der Waals surface area (Å²) in [6.07, 6.45) is 1.29. The molecule has 3 rings (SSSR count). The van der Waals surface area contributed by atoms with Gasteiger partial charge in [0.2, 0.25) is 0 Å². The molecule has 0 aliphatic rings. The number of likely N-dealkylation sites (N-methyl/N-ethyl adjacent to an activating group) is 1. The molecule has 2 unspecified atom stereocenters. The van der Waals surface area contributed by atoms with Gasteiger partial charge >= 0.3 is 0 Å². The third kappa shape index (κ3) is 3.28. The fourth-order valence-electron chi connectivity index (χ4n) is 3.01. The Kier molecular flexibility index (Phi) is 4.74. The smallest absolute Gasteiger partial charge is 0.123 e. The average Bonchev–Trinajstić information content (AvgIpc) is 2.97. The van der Waals surface area contributed by atoms with Crippen molar-refractivity contribution in [1.29, 1.82) is 0 Å². The van der Waals surface area contributed by atoms with Crippen LogP contribution in [0.2, 0.25) is 0 Å². The van der Waals surface area contributed by atoms with Gasteiger partial charge in [0, 0.05) is 18.3 Å². The Labute approximate surface area is 135 Å². The lowest BCUT2D eigenvalue weighted by Gasteiger charge is -2.26. The molecule has 23 heavy (non-hydrogen) atoms. The predicted molar refractivity (Wildman–Crippen MR) is 91.0 cm³/mol. The first-order valence-electron chi connectivity index (χ1n) is 7.90. The first-order valence-corrected chi connectivity index (χ1v) is 7.90. The second kappa shape index (κ2) is 6.94. The van der Waals surface area contributed by atoms with Crippen molar-refractivity contribution < 1.29 is 9.50 Å². The second-order valence-electron chi connectivity index (χ2n) is 5.66. The van der Waals surface area contributed by atoms with Crippen molar-refractivity contribution in [2.45, 2.75) is 19.1 Å². The first-order chi connectivity index (χ1) is 11.2. The quantitative estimate of drug-likeness (QED) is 0.732. The van der Waals surface area contributed by atoms with Crippen LogP contribution in [0.15, 0.2) is 60.8 Å². The van der Waals surface area contributed by atoms with Crippen LogP contribution < -0.4 is 5.32 Å². The molecular weight excluding hydrogens is 291 g/mol. The number of halogens is 1. The molecule has 0 saturated carbocycles. The van der Waals surface area contributed by atoms with Crippen LogP contribution in [-0.2, 0) is 0 Å². The van der Waals surface area contributed by atoms with Gasteiger partial charge in [-0.05, 0) is 41.8 Å². The Morgan fingerprint density at radius 2 is 1.96 bits per heavy atom. The molecular formula is C19H21FN2O. The zero-order valence-electron chi connectivity index (χ0n) is 13.1. The molecule has 0 aliphatic carbocycles. The van der Waals surface area contributed by atoms with Gasteiger partial charge < -0.3 is 15.0 Å². The Hall–Kier alpha value is -2.17. The van der Waals surface area contributed by atoms with Gasteiger partial charge in [-0.2, -0.15) is 0 Å². The number of fused-ring (bicyclic) bond motifs is 1. The fraction of sp³-hybridized carbons (Fsp3) is 0.263. The summed E-state index contributed by atoms with van der Waals surface area (Å²) < 4.78 is 15.7. The Morgan fingerprint density at radius 1 is 1.13 bits per heavy atom. The zero-order valence-corrected chi connectivity index (χ0v) is 13.1. The van der Waals surface area contributed by atoms with E-state index < -0.39 is 6.10 Å². The summed E-state index contributed by atoms with van der Waals surface area (Å²) in [7, 11) is 0. The molecule has 120 valence electrons. The number of nitrogens with zero attached hydrogens (tertiary/aromatic N) is 1. The van der Waals surface area contributed by atoms with Gasteiger partial charge in [0.05, 0.1) is 12.1 Å². The highest BCUT2D eigenvalue weighted by Crippen LogP contribution is 2.28. The Bertz CT molecular complexity index is 784. The van der Waals surface area contributed by atoms with Crippen molar-refractivity contribution in [3.8, 4) is 0 Å². The van der Waals surface area contributed by atoms with E-state index in [9.17, 15) is 9.50 Å². The number of para-hydroxylation sites is 1. The van der Waals surface area contributed by atoms with Crippen LogP contribution in [0.3, 0.4) is 0 Å². The highest BCUT2D eigenvalue weighted by atomic mass is 19.1. The number of aliphatic hydroxyl groups excluding tert-OH is 1. The Balaban J connectivity index is 2.07. The number of benzene rings is 2. The minimum absolute atomic E-state index is 0.292. The molecule has 1 heterocycles. The second-order valence-corrected chi connectivity index (χ2v) is 5.66. The molecule has 2 aromatic carbocycles. The summed E-state index contributed by atoms with van der Waals surface area (Å²) in [6.45, 7) is 3.22. The van der Waals surface area contributed by atoms with E-state index in [1.165, 1.54) is 12.1 Å². The van der Waals surface area contributed by atoms with E-state index >= 15 is 0 Å². The molecule has 2 atom stereocenters. The standard InChI is InChI=1S/C19H21FN2O/c1-2-21-13-18(23)19(15-7-5-8-16(20)12-15)22-11-10-14-6-3-4-9-17(14)22/h3-12,18-19,21,23H,2,13H2,1H3. The highest BCUT2D eigenvalue weighted by molar-refractivity contribution is 5.80. The number of hydrogen-bond acceptors (Lipinski definition) is 2. The topological polar surface area (TPSA) is 37.2 Å². The van der Waals surface area contributed by atoms with Crippen molar-refractivity contribution in [1.82, 2.24) is 9.88 Å². The van der Waals surface area contributed by atoms with Crippen LogP contribution in [0.4, 0.5) is 4.39 Å². The fourth-order valence-corrected chi connectivity index (χ4v) is 3.01. The lowest BCUT2D eigenvalue weighted by Crippen LogP contribution is -2.34. The van der Waals surface area contributed by atoms with E-state index in [-0.39, 0.29) is 11.9 Å². The average molecular weight is 312 g/mol. The highest BCUT2D eigenvalue weighted by Gasteiger charge is 2.24. The summed E-state index contributed by atoms with van der Waals surface area (Å²) >= 11 is 0. The van der Waals surface area contributed by atoms with Gasteiger partial charge in [0.1, 0.15) is 5.82 Å². The number of nitrogens with one attached hydrogen (secondary N) is 1. The van der Waals surface area contributed by atoms with Crippen molar-refractivity contribution >= 4 is 10.9 Å². The maximum absolute atomic E-state index is 13.7. The van der Waals surface area contributed by atoms with Crippen LogP contribution in [0.25, 0.3) is 10.9 Å². The first kappa shape index (κ1) is 15.7. The normalized spacial score (nSPS) is 14.0. The monoisotopic (exact) mass is 312 g/mol. The number of aromatic nitrogens is 1. The SMILES string of the molecule is CCNCC(O)C(c1cccc(F)c1)n1ccc2ccccc21.